The summed E-state index contributed by atoms with van der Waals surface area (Å²) in [4.78, 5) is 20.6. The Morgan fingerprint density at radius 3 is 2.36 bits per heavy atom. The molecule has 1 N–H and O–H groups in total. The van der Waals surface area contributed by atoms with Crippen LogP contribution in [0.3, 0.4) is 0 Å². The molecule has 0 bridgehead atoms. The summed E-state index contributed by atoms with van der Waals surface area (Å²) in [5.74, 6) is 0.315. The number of pyridine rings is 1. The Morgan fingerprint density at radius 2 is 1.66 bits per heavy atom. The van der Waals surface area contributed by atoms with Crippen LogP contribution in [0.1, 0.15) is 109 Å². The van der Waals surface area contributed by atoms with Crippen molar-refractivity contribution in [2.24, 2.45) is 0 Å². The van der Waals surface area contributed by atoms with Gasteiger partial charge in [0.1, 0.15) is 22.9 Å². The van der Waals surface area contributed by atoms with Crippen molar-refractivity contribution in [1.29, 1.82) is 0 Å². The standard InChI is InChI=1S/C56H64F3N7O5SSi/c1-53(2,3)73(38-14-7-5-8-15-38,39-16-9-6-10-17-39)71-32-37-21-24-55(23-13-26-65(37)55)35-70-52-62-50(64-27-29-68-34-54(4,67)33-64)47-40-22-25-60-48(49(40)72-51(47)63-52)46-41-31-61-66(44-18-11-12-28-69-44)43(41)30-42(56(57,58)59)45(46)36-19-20-36/h5-10,14-17,22,25,30-31,36-37,44,67H,11-13,18-21,23-24,26-29,32-35H2,1-4H3/t37-,44?,54-,55-/m0/s1. The predicted octanol–water partition coefficient (Wildman–Crippen LogP) is 10.4. The second-order valence-electron chi connectivity index (χ2n) is 22.4. The molecule has 73 heavy (non-hydrogen) atoms. The van der Waals surface area contributed by atoms with Gasteiger partial charge in [0.05, 0.1) is 65.0 Å². The van der Waals surface area contributed by atoms with E-state index in [4.69, 9.17) is 38.7 Å². The molecule has 0 radical (unpaired) electrons. The molecule has 4 atom stereocenters. The molecule has 384 valence electrons. The lowest BCUT2D eigenvalue weighted by molar-refractivity contribution is -0.138. The summed E-state index contributed by atoms with van der Waals surface area (Å²) < 4.78 is 75.0. The maximum atomic E-state index is 15.4. The molecule has 1 saturated carbocycles. The number of rotatable bonds is 12. The van der Waals surface area contributed by atoms with Crippen molar-refractivity contribution < 1.29 is 36.9 Å². The lowest BCUT2D eigenvalue weighted by Gasteiger charge is -2.44. The molecule has 0 amide bonds. The minimum atomic E-state index is -4.61. The predicted molar refractivity (Wildman–Crippen MR) is 282 cm³/mol. The number of fused-ring (bicyclic) bond motifs is 5. The van der Waals surface area contributed by atoms with Gasteiger partial charge in [-0.25, -0.2) is 4.68 Å². The minimum absolute atomic E-state index is 0.143. The normalized spacial score (nSPS) is 24.5. The van der Waals surface area contributed by atoms with Gasteiger partial charge in [-0.2, -0.15) is 28.2 Å². The van der Waals surface area contributed by atoms with E-state index in [0.29, 0.717) is 89.7 Å². The molecule has 4 aliphatic heterocycles. The van der Waals surface area contributed by atoms with Crippen molar-refractivity contribution in [1.82, 2.24) is 29.6 Å². The number of hydrogen-bond donors (Lipinski definition) is 1. The number of nitrogens with zero attached hydrogens (tertiary/aromatic N) is 7. The van der Waals surface area contributed by atoms with Gasteiger partial charge in [0, 0.05) is 41.7 Å². The van der Waals surface area contributed by atoms with Crippen molar-refractivity contribution >= 4 is 67.1 Å². The zero-order valence-electron chi connectivity index (χ0n) is 42.1. The first-order valence-electron chi connectivity index (χ1n) is 26.2. The third-order valence-corrected chi connectivity index (χ3v) is 22.4. The summed E-state index contributed by atoms with van der Waals surface area (Å²) in [6.45, 7) is 12.4. The van der Waals surface area contributed by atoms with Gasteiger partial charge in [-0.15, -0.1) is 11.3 Å². The van der Waals surface area contributed by atoms with E-state index in [1.165, 1.54) is 27.8 Å². The molecule has 8 heterocycles. The Labute approximate surface area is 429 Å². The van der Waals surface area contributed by atoms with Gasteiger partial charge in [-0.1, -0.05) is 81.4 Å². The van der Waals surface area contributed by atoms with Crippen molar-refractivity contribution in [2.75, 3.05) is 57.6 Å². The molecule has 12 nitrogen and oxygen atoms in total. The number of ether oxygens (including phenoxy) is 3. The number of aliphatic hydroxyl groups is 1. The van der Waals surface area contributed by atoms with Gasteiger partial charge < -0.3 is 28.6 Å². The van der Waals surface area contributed by atoms with Crippen molar-refractivity contribution in [3.8, 4) is 17.3 Å². The van der Waals surface area contributed by atoms with E-state index in [9.17, 15) is 5.11 Å². The average Bonchev–Trinajstić information content (AvgIpc) is 3.70. The van der Waals surface area contributed by atoms with Crippen LogP contribution in [0.15, 0.2) is 85.2 Å². The fraction of sp³-hybridized carbons (Fsp3) is 0.500. The number of halogens is 3. The van der Waals surface area contributed by atoms with Crippen molar-refractivity contribution in [2.45, 2.75) is 126 Å². The smallest absolute Gasteiger partial charge is 0.416 e. The number of β-amino-alcohol motifs (C(OH)–C–C–N with tert-alkyl or cyclic N) is 1. The van der Waals surface area contributed by atoms with Gasteiger partial charge in [-0.3, -0.25) is 9.88 Å². The molecule has 7 aromatic rings. The van der Waals surface area contributed by atoms with Crippen LogP contribution < -0.4 is 20.0 Å². The second-order valence-corrected chi connectivity index (χ2v) is 27.7. The number of benzene rings is 3. The number of anilines is 1. The van der Waals surface area contributed by atoms with E-state index in [1.54, 1.807) is 24.0 Å². The van der Waals surface area contributed by atoms with Crippen LogP contribution in [0.2, 0.25) is 5.04 Å². The molecule has 3 aromatic carbocycles. The van der Waals surface area contributed by atoms with E-state index in [2.05, 4.69) is 86.3 Å². The van der Waals surface area contributed by atoms with Gasteiger partial charge in [0.15, 0.2) is 6.23 Å². The SMILES string of the molecule is CC(C)(C)[Si](OC[C@@H]1CC[C@]2(COc3nc(N4CCOC[C@@](C)(O)C4)c4c(n3)sc3c(-c5c(C6CC6)c(C(F)(F)F)cc6c5cnn6C5CCCCO5)nccc34)CCCN12)(c1ccccc1)c1ccccc1. The maximum absolute atomic E-state index is 15.4. The Balaban J connectivity index is 0.926. The van der Waals surface area contributed by atoms with Gasteiger partial charge >= 0.3 is 12.2 Å². The molecule has 0 spiro atoms. The second kappa shape index (κ2) is 18.7. The van der Waals surface area contributed by atoms with Crippen LogP contribution >= 0.6 is 11.3 Å². The molecule has 4 aromatic heterocycles. The van der Waals surface area contributed by atoms with Crippen molar-refractivity contribution in [3.63, 3.8) is 0 Å². The summed E-state index contributed by atoms with van der Waals surface area (Å²) in [5, 5.41) is 20.8. The highest BCUT2D eigenvalue weighted by atomic mass is 32.1. The van der Waals surface area contributed by atoms with E-state index >= 15 is 13.2 Å². The number of alkyl halides is 3. The fourth-order valence-electron chi connectivity index (χ4n) is 12.8. The highest BCUT2D eigenvalue weighted by Crippen LogP contribution is 2.54. The highest BCUT2D eigenvalue weighted by Gasteiger charge is 2.54. The molecule has 5 fully saturated rings. The molecule has 1 unspecified atom stereocenters. The minimum Gasteiger partial charge on any atom is -0.461 e. The molecule has 1 aliphatic carbocycles. The first kappa shape index (κ1) is 48.9. The van der Waals surface area contributed by atoms with E-state index in [0.717, 1.165) is 55.8 Å². The van der Waals surface area contributed by atoms with Crippen LogP contribution in [-0.2, 0) is 20.1 Å². The van der Waals surface area contributed by atoms with Crippen LogP contribution in [0.5, 0.6) is 6.01 Å². The van der Waals surface area contributed by atoms with Crippen LogP contribution in [0, 0.1) is 0 Å². The third kappa shape index (κ3) is 8.73. The van der Waals surface area contributed by atoms with Gasteiger partial charge in [0.2, 0.25) is 0 Å². The van der Waals surface area contributed by atoms with Crippen LogP contribution in [0.25, 0.3) is 42.5 Å². The Morgan fingerprint density at radius 1 is 0.890 bits per heavy atom. The summed E-state index contributed by atoms with van der Waals surface area (Å²) in [6.07, 6.45) is 6.01. The Bertz CT molecular complexity index is 3120. The van der Waals surface area contributed by atoms with E-state index < -0.39 is 31.9 Å². The monoisotopic (exact) mass is 1030 g/mol. The molecular weight excluding hydrogens is 968 g/mol. The molecule has 4 saturated heterocycles. The fourth-order valence-corrected chi connectivity index (χ4v) is 18.6. The molecule has 12 rings (SSSR count). The zero-order valence-corrected chi connectivity index (χ0v) is 43.9. The van der Waals surface area contributed by atoms with Gasteiger partial charge in [-0.05, 0) is 110 Å². The quantitative estimate of drug-likeness (QED) is 0.118. The maximum Gasteiger partial charge on any atom is 0.416 e. The topological polar surface area (TPSA) is 120 Å². The zero-order chi connectivity index (χ0) is 50.3. The molecule has 17 heteroatoms. The third-order valence-electron chi connectivity index (χ3n) is 16.3. The largest absolute Gasteiger partial charge is 0.461 e. The van der Waals surface area contributed by atoms with Crippen LogP contribution in [-0.4, -0.2) is 113 Å². The first-order chi connectivity index (χ1) is 35.1. The summed E-state index contributed by atoms with van der Waals surface area (Å²) in [5.41, 5.74) is -0.510. The van der Waals surface area contributed by atoms with E-state index in [-0.39, 0.29) is 47.3 Å². The van der Waals surface area contributed by atoms with Crippen LogP contribution in [0.4, 0.5) is 19.0 Å². The average molecular weight is 1030 g/mol. The molecule has 5 aliphatic rings. The molecular formula is C56H64F3N7O5SSi. The summed E-state index contributed by atoms with van der Waals surface area (Å²) >= 11 is 1.39. The lowest BCUT2D eigenvalue weighted by atomic mass is 9.90. The number of aromatic nitrogens is 5. The Hall–Kier alpha value is -5.01. The lowest BCUT2D eigenvalue weighted by Crippen LogP contribution is -2.67. The highest BCUT2D eigenvalue weighted by molar-refractivity contribution is 7.26. The number of thiophene rings is 1. The first-order valence-corrected chi connectivity index (χ1v) is 28.9. The van der Waals surface area contributed by atoms with Gasteiger partial charge in [0.25, 0.3) is 8.32 Å². The summed E-state index contributed by atoms with van der Waals surface area (Å²) in [6, 6.07) is 25.2. The number of hydrogen-bond acceptors (Lipinski definition) is 12. The Kier molecular flexibility index (Phi) is 12.5. The van der Waals surface area contributed by atoms with Crippen molar-refractivity contribution in [3.05, 3.63) is 96.3 Å². The van der Waals surface area contributed by atoms with E-state index in [1.807, 2.05) is 11.0 Å². The summed E-state index contributed by atoms with van der Waals surface area (Å²) in [7, 11) is -2.77.